The molecule has 1 aromatic carbocycles. The predicted molar refractivity (Wildman–Crippen MR) is 121 cm³/mol. The molecule has 2 amide bonds. The number of H-pyrrole nitrogens is 1. The first kappa shape index (κ1) is 20.0. The number of aromatic nitrogens is 2. The number of rotatable bonds is 4. The van der Waals surface area contributed by atoms with Crippen LogP contribution in [-0.2, 0) is 24.1 Å². The maximum Gasteiger partial charge on any atom is 0.275 e. The number of nitrogens with one attached hydrogen (secondary N) is 1. The molecular formula is C24H26N4O2S. The molecule has 2 aromatic heterocycles. The number of amides is 2. The molecule has 3 aromatic rings. The number of carbonyl (C=O) groups is 2. The fourth-order valence-corrected chi connectivity index (χ4v) is 5.35. The fraction of sp³-hybridized carbons (Fsp3) is 0.375. The molecule has 6 nitrogen and oxygen atoms in total. The van der Waals surface area contributed by atoms with Gasteiger partial charge in [0.2, 0.25) is 5.91 Å². The van der Waals surface area contributed by atoms with Crippen molar-refractivity contribution in [1.82, 2.24) is 20.0 Å². The van der Waals surface area contributed by atoms with Gasteiger partial charge in [0.1, 0.15) is 6.04 Å². The highest BCUT2D eigenvalue weighted by molar-refractivity contribution is 7.13. The molecule has 0 unspecified atom stereocenters. The summed E-state index contributed by atoms with van der Waals surface area (Å²) in [5.41, 5.74) is 4.85. The molecule has 5 rings (SSSR count). The van der Waals surface area contributed by atoms with Gasteiger partial charge in [-0.2, -0.15) is 5.10 Å². The van der Waals surface area contributed by atoms with Crippen LogP contribution in [0.5, 0.6) is 0 Å². The molecule has 160 valence electrons. The van der Waals surface area contributed by atoms with Crippen LogP contribution < -0.4 is 0 Å². The topological polar surface area (TPSA) is 69.3 Å². The summed E-state index contributed by atoms with van der Waals surface area (Å²) in [5.74, 6) is -0.132. The van der Waals surface area contributed by atoms with E-state index in [-0.39, 0.29) is 11.8 Å². The summed E-state index contributed by atoms with van der Waals surface area (Å²) in [5, 5.41) is 9.48. The van der Waals surface area contributed by atoms with Crippen molar-refractivity contribution in [2.75, 3.05) is 20.1 Å². The molecule has 3 heterocycles. The average Bonchev–Trinajstić information content (AvgIpc) is 3.47. The van der Waals surface area contributed by atoms with Crippen LogP contribution in [0, 0.1) is 0 Å². The number of thiophene rings is 1. The van der Waals surface area contributed by atoms with E-state index < -0.39 is 6.04 Å². The van der Waals surface area contributed by atoms with E-state index in [1.54, 1.807) is 21.1 Å². The van der Waals surface area contributed by atoms with Gasteiger partial charge in [0.25, 0.3) is 5.91 Å². The minimum atomic E-state index is -0.505. The second-order valence-electron chi connectivity index (χ2n) is 8.39. The highest BCUT2D eigenvalue weighted by Crippen LogP contribution is 2.27. The Morgan fingerprint density at radius 2 is 1.97 bits per heavy atom. The molecule has 1 saturated heterocycles. The maximum atomic E-state index is 13.5. The number of fused-ring (bicyclic) bond motifs is 1. The highest BCUT2D eigenvalue weighted by Gasteiger charge is 2.38. The minimum Gasteiger partial charge on any atom is -0.342 e. The van der Waals surface area contributed by atoms with Crippen LogP contribution >= 0.6 is 11.3 Å². The lowest BCUT2D eigenvalue weighted by Gasteiger charge is -2.39. The summed E-state index contributed by atoms with van der Waals surface area (Å²) < 4.78 is 0. The molecule has 1 N–H and O–H groups in total. The summed E-state index contributed by atoms with van der Waals surface area (Å²) in [4.78, 5) is 31.2. The number of hydrogen-bond donors (Lipinski definition) is 1. The van der Waals surface area contributed by atoms with Crippen LogP contribution in [0.25, 0.3) is 10.4 Å². The number of aryl methyl sites for hydroxylation is 1. The molecule has 1 aliphatic carbocycles. The molecular weight excluding hydrogens is 408 g/mol. The molecule has 0 radical (unpaired) electrons. The summed E-state index contributed by atoms with van der Waals surface area (Å²) in [6.45, 7) is 1.08. The smallest absolute Gasteiger partial charge is 0.275 e. The predicted octanol–water partition coefficient (Wildman–Crippen LogP) is 3.54. The Balaban J connectivity index is 1.40. The molecule has 7 heteroatoms. The maximum absolute atomic E-state index is 13.5. The van der Waals surface area contributed by atoms with E-state index in [1.165, 1.54) is 10.4 Å². The fourth-order valence-electron chi connectivity index (χ4n) is 4.62. The van der Waals surface area contributed by atoms with E-state index in [0.717, 1.165) is 42.5 Å². The molecule has 0 saturated carbocycles. The number of benzene rings is 1. The third kappa shape index (κ3) is 3.78. The lowest BCUT2D eigenvalue weighted by Crippen LogP contribution is -2.58. The molecule has 1 fully saturated rings. The third-order valence-corrected chi connectivity index (χ3v) is 7.34. The Labute approximate surface area is 185 Å². The highest BCUT2D eigenvalue weighted by atomic mass is 32.1. The summed E-state index contributed by atoms with van der Waals surface area (Å²) >= 11 is 1.71. The standard InChI is InChI=1S/C24H26N4O2S/c1-27-12-13-28(24(30)22-18-5-2-3-6-19(18)25-26-22)20(23(27)29)15-16-8-10-17(11-9-16)21-7-4-14-31-21/h4,7-11,14,20H,2-3,5-6,12-13,15H2,1H3,(H,25,26)/t20-/m1/s1. The van der Waals surface area contributed by atoms with Gasteiger partial charge in [0, 0.05) is 42.7 Å². The van der Waals surface area contributed by atoms with Crippen molar-refractivity contribution < 1.29 is 9.59 Å². The van der Waals surface area contributed by atoms with E-state index in [9.17, 15) is 9.59 Å². The van der Waals surface area contributed by atoms with Crippen molar-refractivity contribution in [1.29, 1.82) is 0 Å². The largest absolute Gasteiger partial charge is 0.342 e. The summed E-state index contributed by atoms with van der Waals surface area (Å²) in [7, 11) is 1.81. The first-order valence-electron chi connectivity index (χ1n) is 10.9. The van der Waals surface area contributed by atoms with Crippen molar-refractivity contribution in [2.24, 2.45) is 0 Å². The van der Waals surface area contributed by atoms with Crippen LogP contribution in [0.3, 0.4) is 0 Å². The van der Waals surface area contributed by atoms with Crippen LogP contribution in [0.15, 0.2) is 41.8 Å². The molecule has 2 aliphatic rings. The molecule has 0 bridgehead atoms. The first-order chi connectivity index (χ1) is 15.1. The number of carbonyl (C=O) groups excluding carboxylic acids is 2. The first-order valence-corrected chi connectivity index (χ1v) is 11.7. The Kier molecular flexibility index (Phi) is 5.36. The molecule has 31 heavy (non-hydrogen) atoms. The molecule has 1 aliphatic heterocycles. The van der Waals surface area contributed by atoms with Gasteiger partial charge in [0.05, 0.1) is 0 Å². The van der Waals surface area contributed by atoms with Crippen LogP contribution in [0.4, 0.5) is 0 Å². The number of aromatic amines is 1. The zero-order chi connectivity index (χ0) is 21.4. The van der Waals surface area contributed by atoms with Gasteiger partial charge in [0.15, 0.2) is 5.69 Å². The van der Waals surface area contributed by atoms with Gasteiger partial charge < -0.3 is 9.80 Å². The number of piperazine rings is 1. The van der Waals surface area contributed by atoms with E-state index in [0.29, 0.717) is 25.2 Å². The summed E-state index contributed by atoms with van der Waals surface area (Å²) in [6, 6.07) is 12.0. The van der Waals surface area contributed by atoms with Crippen molar-refractivity contribution >= 4 is 23.2 Å². The average molecular weight is 435 g/mol. The zero-order valence-corrected chi connectivity index (χ0v) is 18.5. The number of likely N-dealkylation sites (N-methyl/N-ethyl adjacent to an activating group) is 1. The Morgan fingerprint density at radius 3 is 2.74 bits per heavy atom. The van der Waals surface area contributed by atoms with Crippen molar-refractivity contribution in [3.63, 3.8) is 0 Å². The van der Waals surface area contributed by atoms with Gasteiger partial charge in [-0.15, -0.1) is 11.3 Å². The SMILES string of the molecule is CN1CCN(C(=O)c2n[nH]c3c2CCCC3)[C@H](Cc2ccc(-c3cccs3)cc2)C1=O. The van der Waals surface area contributed by atoms with Gasteiger partial charge in [-0.3, -0.25) is 14.7 Å². The minimum absolute atomic E-state index is 0.00802. The van der Waals surface area contributed by atoms with Gasteiger partial charge >= 0.3 is 0 Å². The molecule has 1 atom stereocenters. The zero-order valence-electron chi connectivity index (χ0n) is 17.6. The normalized spacial score (nSPS) is 18.9. The van der Waals surface area contributed by atoms with E-state index >= 15 is 0 Å². The van der Waals surface area contributed by atoms with Gasteiger partial charge in [-0.25, -0.2) is 0 Å². The Morgan fingerprint density at radius 1 is 1.16 bits per heavy atom. The lowest BCUT2D eigenvalue weighted by atomic mass is 9.94. The Hall–Kier alpha value is -2.93. The second-order valence-corrected chi connectivity index (χ2v) is 9.34. The van der Waals surface area contributed by atoms with E-state index in [1.807, 2.05) is 13.1 Å². The second kappa shape index (κ2) is 8.30. The lowest BCUT2D eigenvalue weighted by molar-refractivity contribution is -0.138. The number of hydrogen-bond acceptors (Lipinski definition) is 4. The summed E-state index contributed by atoms with van der Waals surface area (Å²) in [6.07, 6.45) is 4.53. The van der Waals surface area contributed by atoms with Crippen molar-refractivity contribution in [2.45, 2.75) is 38.1 Å². The van der Waals surface area contributed by atoms with Gasteiger partial charge in [-0.05, 0) is 48.3 Å². The Bertz CT molecular complexity index is 1090. The van der Waals surface area contributed by atoms with Crippen LogP contribution in [-0.4, -0.2) is 58.0 Å². The quantitative estimate of drug-likeness (QED) is 0.683. The van der Waals surface area contributed by atoms with Gasteiger partial charge in [-0.1, -0.05) is 30.3 Å². The van der Waals surface area contributed by atoms with E-state index in [4.69, 9.17) is 0 Å². The van der Waals surface area contributed by atoms with E-state index in [2.05, 4.69) is 45.9 Å². The third-order valence-electron chi connectivity index (χ3n) is 6.42. The van der Waals surface area contributed by atoms with Crippen LogP contribution in [0.1, 0.15) is 40.2 Å². The van der Waals surface area contributed by atoms with Crippen molar-refractivity contribution in [3.8, 4) is 10.4 Å². The van der Waals surface area contributed by atoms with Crippen LogP contribution in [0.2, 0.25) is 0 Å². The van der Waals surface area contributed by atoms with Crippen molar-refractivity contribution in [3.05, 3.63) is 64.3 Å². The molecule has 0 spiro atoms. The monoisotopic (exact) mass is 434 g/mol. The number of nitrogens with zero attached hydrogens (tertiary/aromatic N) is 3.